The third-order valence-corrected chi connectivity index (χ3v) is 3.18. The molecule has 2 aromatic rings. The molecule has 0 saturated carbocycles. The average molecular weight is 291 g/mol. The van der Waals surface area contributed by atoms with Gasteiger partial charge in [0.2, 0.25) is 0 Å². The lowest BCUT2D eigenvalue weighted by Gasteiger charge is -2.13. The van der Waals surface area contributed by atoms with E-state index in [2.05, 4.69) is 0 Å². The van der Waals surface area contributed by atoms with Gasteiger partial charge in [0.25, 0.3) is 0 Å². The molecule has 0 saturated heterocycles. The van der Waals surface area contributed by atoms with Gasteiger partial charge in [-0.15, -0.1) is 0 Å². The molecule has 0 amide bonds. The summed E-state index contributed by atoms with van der Waals surface area (Å²) in [4.78, 5) is 0. The van der Waals surface area contributed by atoms with Crippen LogP contribution in [0.25, 0.3) is 0 Å². The highest BCUT2D eigenvalue weighted by molar-refractivity contribution is 5.43. The standard InChI is InChI=1S/C16H18FNO3/c1-20-16-6-11(9-19)2-5-15(16)21-10-12-3-4-14(17)7-13(12)8-18/h2-7,19H,8-10,18H2,1H3. The van der Waals surface area contributed by atoms with E-state index in [0.717, 1.165) is 11.1 Å². The van der Waals surface area contributed by atoms with Crippen LogP contribution in [0.5, 0.6) is 11.5 Å². The molecule has 0 radical (unpaired) electrons. The summed E-state index contributed by atoms with van der Waals surface area (Å²) in [5, 5.41) is 9.10. The maximum absolute atomic E-state index is 13.2. The Balaban J connectivity index is 2.16. The van der Waals surface area contributed by atoms with E-state index >= 15 is 0 Å². The molecule has 0 aromatic heterocycles. The van der Waals surface area contributed by atoms with Crippen molar-refractivity contribution in [2.24, 2.45) is 5.73 Å². The Morgan fingerprint density at radius 3 is 2.57 bits per heavy atom. The SMILES string of the molecule is COc1cc(CO)ccc1OCc1ccc(F)cc1CN. The lowest BCUT2D eigenvalue weighted by molar-refractivity contribution is 0.274. The summed E-state index contributed by atoms with van der Waals surface area (Å²) in [6, 6.07) is 9.65. The Morgan fingerprint density at radius 2 is 1.90 bits per heavy atom. The van der Waals surface area contributed by atoms with Crippen LogP contribution in [-0.2, 0) is 19.8 Å². The molecule has 4 nitrogen and oxygen atoms in total. The fourth-order valence-corrected chi connectivity index (χ4v) is 2.01. The van der Waals surface area contributed by atoms with Crippen molar-refractivity contribution >= 4 is 0 Å². The number of halogens is 1. The molecular formula is C16H18FNO3. The average Bonchev–Trinajstić information content (AvgIpc) is 2.53. The van der Waals surface area contributed by atoms with Gasteiger partial charge in [-0.2, -0.15) is 0 Å². The van der Waals surface area contributed by atoms with E-state index in [0.29, 0.717) is 17.1 Å². The van der Waals surface area contributed by atoms with Crippen LogP contribution < -0.4 is 15.2 Å². The van der Waals surface area contributed by atoms with Crippen LogP contribution in [0.3, 0.4) is 0 Å². The van der Waals surface area contributed by atoms with Crippen molar-refractivity contribution in [3.05, 3.63) is 58.9 Å². The second kappa shape index (κ2) is 7.06. The topological polar surface area (TPSA) is 64.7 Å². The van der Waals surface area contributed by atoms with Gasteiger partial charge < -0.3 is 20.3 Å². The second-order valence-electron chi connectivity index (χ2n) is 4.55. The van der Waals surface area contributed by atoms with Crippen LogP contribution in [0.1, 0.15) is 16.7 Å². The third kappa shape index (κ3) is 3.71. The molecule has 0 aliphatic carbocycles. The number of methoxy groups -OCH3 is 1. The first kappa shape index (κ1) is 15.3. The number of nitrogens with two attached hydrogens (primary N) is 1. The van der Waals surface area contributed by atoms with E-state index in [1.54, 1.807) is 24.3 Å². The van der Waals surface area contributed by atoms with Crippen molar-refractivity contribution in [2.75, 3.05) is 7.11 Å². The van der Waals surface area contributed by atoms with Gasteiger partial charge in [0.05, 0.1) is 13.7 Å². The summed E-state index contributed by atoms with van der Waals surface area (Å²) in [5.41, 5.74) is 7.88. The molecule has 0 spiro atoms. The van der Waals surface area contributed by atoms with Crippen molar-refractivity contribution in [3.8, 4) is 11.5 Å². The number of aliphatic hydroxyl groups excluding tert-OH is 1. The van der Waals surface area contributed by atoms with E-state index in [1.807, 2.05) is 0 Å². The zero-order valence-corrected chi connectivity index (χ0v) is 11.8. The number of benzene rings is 2. The zero-order valence-electron chi connectivity index (χ0n) is 11.8. The van der Waals surface area contributed by atoms with Crippen molar-refractivity contribution < 1.29 is 19.0 Å². The second-order valence-corrected chi connectivity index (χ2v) is 4.55. The van der Waals surface area contributed by atoms with Gasteiger partial charge in [0.1, 0.15) is 12.4 Å². The molecule has 0 heterocycles. The smallest absolute Gasteiger partial charge is 0.161 e. The maximum Gasteiger partial charge on any atom is 0.161 e. The quantitative estimate of drug-likeness (QED) is 0.857. The Bertz CT molecular complexity index is 616. The molecule has 21 heavy (non-hydrogen) atoms. The number of rotatable bonds is 6. The molecule has 2 rings (SSSR count). The van der Waals surface area contributed by atoms with Gasteiger partial charge >= 0.3 is 0 Å². The monoisotopic (exact) mass is 291 g/mol. The maximum atomic E-state index is 13.2. The van der Waals surface area contributed by atoms with Crippen molar-refractivity contribution in [1.82, 2.24) is 0 Å². The molecule has 0 fully saturated rings. The van der Waals surface area contributed by atoms with Gasteiger partial charge in [-0.05, 0) is 41.0 Å². The molecule has 0 atom stereocenters. The molecule has 0 aliphatic rings. The molecule has 0 bridgehead atoms. The predicted octanol–water partition coefficient (Wildman–Crippen LogP) is 2.36. The van der Waals surface area contributed by atoms with E-state index in [9.17, 15) is 4.39 Å². The fourth-order valence-electron chi connectivity index (χ4n) is 2.01. The van der Waals surface area contributed by atoms with Crippen LogP contribution in [0.2, 0.25) is 0 Å². The lowest BCUT2D eigenvalue weighted by atomic mass is 10.1. The van der Waals surface area contributed by atoms with Gasteiger partial charge in [-0.1, -0.05) is 12.1 Å². The van der Waals surface area contributed by atoms with Crippen molar-refractivity contribution in [3.63, 3.8) is 0 Å². The number of ether oxygens (including phenoxy) is 2. The van der Waals surface area contributed by atoms with Crippen LogP contribution in [-0.4, -0.2) is 12.2 Å². The normalized spacial score (nSPS) is 10.5. The number of hydrogen-bond acceptors (Lipinski definition) is 4. The van der Waals surface area contributed by atoms with Gasteiger partial charge in [-0.25, -0.2) is 4.39 Å². The van der Waals surface area contributed by atoms with Crippen LogP contribution in [0.4, 0.5) is 4.39 Å². The summed E-state index contributed by atoms with van der Waals surface area (Å²) < 4.78 is 24.1. The third-order valence-electron chi connectivity index (χ3n) is 3.18. The Morgan fingerprint density at radius 1 is 1.10 bits per heavy atom. The van der Waals surface area contributed by atoms with Crippen molar-refractivity contribution in [2.45, 2.75) is 19.8 Å². The van der Waals surface area contributed by atoms with Crippen LogP contribution >= 0.6 is 0 Å². The Labute approximate surface area is 122 Å². The first-order valence-electron chi connectivity index (χ1n) is 6.56. The number of hydrogen-bond donors (Lipinski definition) is 2. The van der Waals surface area contributed by atoms with Gasteiger partial charge in [0, 0.05) is 6.54 Å². The summed E-state index contributed by atoms with van der Waals surface area (Å²) in [5.74, 6) is 0.782. The molecule has 5 heteroatoms. The van der Waals surface area contributed by atoms with E-state index in [4.69, 9.17) is 20.3 Å². The summed E-state index contributed by atoms with van der Waals surface area (Å²) in [6.07, 6.45) is 0. The Kier molecular flexibility index (Phi) is 5.14. The molecule has 0 unspecified atom stereocenters. The summed E-state index contributed by atoms with van der Waals surface area (Å²) in [7, 11) is 1.53. The fraction of sp³-hybridized carbons (Fsp3) is 0.250. The van der Waals surface area contributed by atoms with Crippen LogP contribution in [0.15, 0.2) is 36.4 Å². The highest BCUT2D eigenvalue weighted by atomic mass is 19.1. The molecule has 3 N–H and O–H groups in total. The molecular weight excluding hydrogens is 273 g/mol. The zero-order chi connectivity index (χ0) is 15.2. The number of aliphatic hydroxyl groups is 1. The molecule has 2 aromatic carbocycles. The van der Waals surface area contributed by atoms with Gasteiger partial charge in [-0.3, -0.25) is 0 Å². The highest BCUT2D eigenvalue weighted by Crippen LogP contribution is 2.29. The minimum absolute atomic E-state index is 0.0636. The van der Waals surface area contributed by atoms with E-state index < -0.39 is 0 Å². The van der Waals surface area contributed by atoms with Gasteiger partial charge in [0.15, 0.2) is 11.5 Å². The summed E-state index contributed by atoms with van der Waals surface area (Å²) in [6.45, 7) is 0.449. The Hall–Kier alpha value is -2.11. The first-order valence-corrected chi connectivity index (χ1v) is 6.56. The van der Waals surface area contributed by atoms with Crippen molar-refractivity contribution in [1.29, 1.82) is 0 Å². The first-order chi connectivity index (χ1) is 10.2. The van der Waals surface area contributed by atoms with E-state index in [-0.39, 0.29) is 25.6 Å². The minimum Gasteiger partial charge on any atom is -0.493 e. The molecule has 112 valence electrons. The largest absolute Gasteiger partial charge is 0.493 e. The minimum atomic E-state index is -0.316. The van der Waals surface area contributed by atoms with Crippen LogP contribution in [0, 0.1) is 5.82 Å². The predicted molar refractivity (Wildman–Crippen MR) is 77.5 cm³/mol. The van der Waals surface area contributed by atoms with E-state index in [1.165, 1.54) is 19.2 Å². The lowest BCUT2D eigenvalue weighted by Crippen LogP contribution is -2.06. The highest BCUT2D eigenvalue weighted by Gasteiger charge is 2.08. The molecule has 0 aliphatic heterocycles. The summed E-state index contributed by atoms with van der Waals surface area (Å²) >= 11 is 0.